The van der Waals surface area contributed by atoms with Crippen molar-refractivity contribution >= 4 is 5.91 Å². The van der Waals surface area contributed by atoms with Crippen molar-refractivity contribution < 1.29 is 9.90 Å². The number of nitrogens with one attached hydrogen (secondary N) is 2. The average Bonchev–Trinajstić information content (AvgIpc) is 2.85. The lowest BCUT2D eigenvalue weighted by atomic mass is 9.94. The van der Waals surface area contributed by atoms with E-state index in [9.17, 15) is 14.7 Å². The topological polar surface area (TPSA) is 87.1 Å². The molecule has 0 unspecified atom stereocenters. The normalized spacial score (nSPS) is 17.0. The van der Waals surface area contributed by atoms with E-state index >= 15 is 0 Å². The van der Waals surface area contributed by atoms with Crippen LogP contribution < -0.4 is 10.9 Å². The summed E-state index contributed by atoms with van der Waals surface area (Å²) in [5.41, 5.74) is 0.839. The molecule has 1 heterocycles. The first-order chi connectivity index (χ1) is 12.0. The van der Waals surface area contributed by atoms with Gasteiger partial charge in [-0.2, -0.15) is 0 Å². The van der Waals surface area contributed by atoms with Crippen molar-refractivity contribution in [2.45, 2.75) is 51.0 Å². The highest BCUT2D eigenvalue weighted by Gasteiger charge is 2.28. The Kier molecular flexibility index (Phi) is 5.08. The van der Waals surface area contributed by atoms with Crippen LogP contribution in [0.1, 0.15) is 54.6 Å². The van der Waals surface area contributed by atoms with Crippen LogP contribution in [0, 0.1) is 6.92 Å². The van der Waals surface area contributed by atoms with E-state index in [0.717, 1.165) is 31.2 Å². The largest absolute Gasteiger partial charge is 0.388 e. The maximum Gasteiger partial charge on any atom is 0.271 e. The summed E-state index contributed by atoms with van der Waals surface area (Å²) >= 11 is 0. The second-order valence-electron chi connectivity index (χ2n) is 7.00. The number of H-pyrrole nitrogens is 1. The van der Waals surface area contributed by atoms with Gasteiger partial charge in [-0.15, -0.1) is 0 Å². The molecule has 1 aromatic heterocycles. The van der Waals surface area contributed by atoms with Crippen LogP contribution >= 0.6 is 0 Å². The summed E-state index contributed by atoms with van der Waals surface area (Å²) in [6.45, 7) is 2.18. The fraction of sp³-hybridized carbons (Fsp3) is 0.474. The van der Waals surface area contributed by atoms with Crippen molar-refractivity contribution in [2.24, 2.45) is 0 Å². The fourth-order valence-electron chi connectivity index (χ4n) is 3.30. The van der Waals surface area contributed by atoms with Gasteiger partial charge in [0.25, 0.3) is 11.5 Å². The minimum absolute atomic E-state index is 0.197. The molecule has 134 valence electrons. The number of carbonyl (C=O) groups is 1. The highest BCUT2D eigenvalue weighted by Crippen LogP contribution is 2.26. The van der Waals surface area contributed by atoms with Crippen molar-refractivity contribution in [2.75, 3.05) is 6.54 Å². The number of nitrogens with zero attached hydrogens (tertiary/aromatic N) is 1. The molecule has 1 aromatic carbocycles. The van der Waals surface area contributed by atoms with E-state index in [1.165, 1.54) is 10.7 Å². The van der Waals surface area contributed by atoms with E-state index in [1.807, 2.05) is 31.2 Å². The molecule has 3 N–H and O–H groups in total. The number of amides is 1. The van der Waals surface area contributed by atoms with E-state index in [4.69, 9.17) is 0 Å². The lowest BCUT2D eigenvalue weighted by Crippen LogP contribution is -2.42. The zero-order valence-electron chi connectivity index (χ0n) is 14.5. The zero-order valence-corrected chi connectivity index (χ0v) is 14.5. The quantitative estimate of drug-likeness (QED) is 0.744. The summed E-state index contributed by atoms with van der Waals surface area (Å²) in [6, 6.07) is 8.74. The van der Waals surface area contributed by atoms with Crippen molar-refractivity contribution in [3.8, 4) is 5.69 Å². The second-order valence-corrected chi connectivity index (χ2v) is 7.00. The molecule has 6 heteroatoms. The van der Waals surface area contributed by atoms with E-state index in [1.54, 1.807) is 0 Å². The molecule has 0 bridgehead atoms. The molecule has 6 nitrogen and oxygen atoms in total. The minimum Gasteiger partial charge on any atom is -0.388 e. The Morgan fingerprint density at radius 1 is 1.20 bits per heavy atom. The first-order valence-corrected chi connectivity index (χ1v) is 8.87. The van der Waals surface area contributed by atoms with Crippen LogP contribution in [0.4, 0.5) is 0 Å². The van der Waals surface area contributed by atoms with Gasteiger partial charge in [0, 0.05) is 12.6 Å². The third-order valence-corrected chi connectivity index (χ3v) is 4.87. The molecule has 1 saturated carbocycles. The third kappa shape index (κ3) is 4.20. The number of carbonyl (C=O) groups excluding carboxylic acids is 1. The lowest BCUT2D eigenvalue weighted by molar-refractivity contribution is 0.0246. The summed E-state index contributed by atoms with van der Waals surface area (Å²) in [4.78, 5) is 24.5. The monoisotopic (exact) mass is 343 g/mol. The van der Waals surface area contributed by atoms with E-state index in [0.29, 0.717) is 18.5 Å². The first-order valence-electron chi connectivity index (χ1n) is 8.87. The van der Waals surface area contributed by atoms with Gasteiger partial charge in [0.05, 0.1) is 11.3 Å². The molecule has 0 aliphatic heterocycles. The smallest absolute Gasteiger partial charge is 0.271 e. The average molecular weight is 343 g/mol. The molecule has 1 aliphatic rings. The molecule has 3 rings (SSSR count). The van der Waals surface area contributed by atoms with Crippen molar-refractivity contribution in [1.82, 2.24) is 15.1 Å². The molecular formula is C19H25N3O3. The van der Waals surface area contributed by atoms with Gasteiger partial charge in [0.2, 0.25) is 0 Å². The van der Waals surface area contributed by atoms with Crippen LogP contribution in [0.2, 0.25) is 0 Å². The summed E-state index contributed by atoms with van der Waals surface area (Å²) in [5.74, 6) is -0.374. The van der Waals surface area contributed by atoms with Gasteiger partial charge in [-0.3, -0.25) is 14.7 Å². The maximum absolute atomic E-state index is 12.4. The van der Waals surface area contributed by atoms with Crippen LogP contribution in [-0.4, -0.2) is 32.9 Å². The highest BCUT2D eigenvalue weighted by molar-refractivity contribution is 5.92. The van der Waals surface area contributed by atoms with Crippen molar-refractivity contribution in [1.29, 1.82) is 0 Å². The lowest BCUT2D eigenvalue weighted by Gasteiger charge is -2.26. The maximum atomic E-state index is 12.4. The molecule has 1 amide bonds. The van der Waals surface area contributed by atoms with Crippen LogP contribution in [0.15, 0.2) is 35.1 Å². The van der Waals surface area contributed by atoms with Gasteiger partial charge in [-0.25, -0.2) is 4.68 Å². The molecule has 0 saturated heterocycles. The Morgan fingerprint density at radius 2 is 1.84 bits per heavy atom. The summed E-state index contributed by atoms with van der Waals surface area (Å²) < 4.78 is 1.34. The number of benzene rings is 1. The molecule has 2 aromatic rings. The number of aromatic nitrogens is 2. The summed E-state index contributed by atoms with van der Waals surface area (Å²) in [7, 11) is 0. The van der Waals surface area contributed by atoms with E-state index in [-0.39, 0.29) is 23.7 Å². The predicted molar refractivity (Wildman–Crippen MR) is 96.1 cm³/mol. The molecule has 1 aliphatic carbocycles. The Hall–Kier alpha value is -2.34. The minimum atomic E-state index is -0.841. The fourth-order valence-corrected chi connectivity index (χ4v) is 3.30. The van der Waals surface area contributed by atoms with E-state index < -0.39 is 5.60 Å². The van der Waals surface area contributed by atoms with Gasteiger partial charge in [0.15, 0.2) is 0 Å². The predicted octanol–water partition coefficient (Wildman–Crippen LogP) is 2.29. The van der Waals surface area contributed by atoms with Crippen LogP contribution in [-0.2, 0) is 0 Å². The Bertz CT molecular complexity index is 781. The highest BCUT2D eigenvalue weighted by atomic mass is 16.3. The summed E-state index contributed by atoms with van der Waals surface area (Å²) in [5, 5.41) is 16.2. The number of aliphatic hydroxyl groups is 1. The number of hydrogen-bond donors (Lipinski definition) is 3. The van der Waals surface area contributed by atoms with Gasteiger partial charge in [-0.1, -0.05) is 43.4 Å². The van der Waals surface area contributed by atoms with E-state index in [2.05, 4.69) is 10.4 Å². The number of aryl methyl sites for hydroxylation is 1. The van der Waals surface area contributed by atoms with Crippen molar-refractivity contribution in [3.63, 3.8) is 0 Å². The molecule has 1 fully saturated rings. The van der Waals surface area contributed by atoms with Crippen LogP contribution in [0.25, 0.3) is 5.69 Å². The number of aromatic amines is 1. The van der Waals surface area contributed by atoms with Gasteiger partial charge < -0.3 is 10.4 Å². The second kappa shape index (κ2) is 7.27. The molecule has 25 heavy (non-hydrogen) atoms. The number of rotatable bonds is 4. The summed E-state index contributed by atoms with van der Waals surface area (Å²) in [6.07, 6.45) is 5.62. The Labute approximate surface area is 146 Å². The molecule has 0 radical (unpaired) electrons. The Balaban J connectivity index is 1.69. The van der Waals surface area contributed by atoms with Gasteiger partial charge in [-0.05, 0) is 31.9 Å². The zero-order chi connectivity index (χ0) is 17.9. The van der Waals surface area contributed by atoms with Crippen molar-refractivity contribution in [3.05, 3.63) is 51.9 Å². The molecule has 0 spiro atoms. The number of hydrogen-bond acceptors (Lipinski definition) is 3. The van der Waals surface area contributed by atoms with Crippen LogP contribution in [0.5, 0.6) is 0 Å². The van der Waals surface area contributed by atoms with Gasteiger partial charge in [0.1, 0.15) is 5.69 Å². The molecule has 0 atom stereocenters. The third-order valence-electron chi connectivity index (χ3n) is 4.87. The SMILES string of the molecule is Cc1ccc(-n2[nH]c(C(=O)NCC3(O)CCCCCC3)cc2=O)cc1. The van der Waals surface area contributed by atoms with Gasteiger partial charge >= 0.3 is 0 Å². The first kappa shape index (κ1) is 17.5. The Morgan fingerprint density at radius 3 is 2.48 bits per heavy atom. The molecular weight excluding hydrogens is 318 g/mol. The van der Waals surface area contributed by atoms with Crippen LogP contribution in [0.3, 0.4) is 0 Å². The standard InChI is InChI=1S/C19H25N3O3/c1-14-6-8-15(9-7-14)22-17(23)12-16(21-22)18(24)20-13-19(25)10-4-2-3-5-11-19/h6-9,12,21,25H,2-5,10-11,13H2,1H3,(H,20,24).